The molecular formula is C18H30N4O2. The molecule has 0 amide bonds. The molecule has 0 bridgehead atoms. The number of aromatic nitrogens is 1. The van der Waals surface area contributed by atoms with Crippen molar-refractivity contribution in [1.82, 2.24) is 15.6 Å². The molecule has 1 aliphatic carbocycles. The van der Waals surface area contributed by atoms with Crippen LogP contribution in [-0.2, 0) is 11.3 Å². The molecule has 6 heteroatoms. The fourth-order valence-electron chi connectivity index (χ4n) is 3.29. The molecule has 1 heterocycles. The summed E-state index contributed by atoms with van der Waals surface area (Å²) in [5.41, 5.74) is 1.26. The molecule has 0 saturated heterocycles. The Kier molecular flexibility index (Phi) is 7.31. The van der Waals surface area contributed by atoms with Crippen LogP contribution in [0.1, 0.15) is 37.8 Å². The maximum atomic E-state index is 5.30. The van der Waals surface area contributed by atoms with Crippen LogP contribution in [0.2, 0.25) is 0 Å². The second-order valence-electron chi connectivity index (χ2n) is 6.40. The number of nitrogens with one attached hydrogen (secondary N) is 2. The van der Waals surface area contributed by atoms with E-state index in [9.17, 15) is 0 Å². The van der Waals surface area contributed by atoms with Crippen molar-refractivity contribution in [2.75, 3.05) is 34.4 Å². The first-order valence-electron chi connectivity index (χ1n) is 8.65. The zero-order valence-corrected chi connectivity index (χ0v) is 15.1. The molecule has 0 atom stereocenters. The Morgan fingerprint density at radius 3 is 2.71 bits per heavy atom. The maximum Gasteiger partial charge on any atom is 0.213 e. The van der Waals surface area contributed by atoms with Gasteiger partial charge >= 0.3 is 0 Å². The van der Waals surface area contributed by atoms with Gasteiger partial charge in [0.1, 0.15) is 0 Å². The van der Waals surface area contributed by atoms with Crippen LogP contribution in [0.5, 0.6) is 5.88 Å². The highest BCUT2D eigenvalue weighted by Crippen LogP contribution is 2.40. The van der Waals surface area contributed by atoms with Gasteiger partial charge in [0.15, 0.2) is 5.96 Å². The van der Waals surface area contributed by atoms with Crippen molar-refractivity contribution in [2.45, 2.75) is 38.6 Å². The molecule has 2 rings (SSSR count). The number of rotatable bonds is 8. The average Bonchev–Trinajstić information content (AvgIpc) is 3.09. The third-order valence-electron chi connectivity index (χ3n) is 4.78. The third kappa shape index (κ3) is 5.37. The molecule has 1 saturated carbocycles. The monoisotopic (exact) mass is 334 g/mol. The largest absolute Gasteiger partial charge is 0.481 e. The summed E-state index contributed by atoms with van der Waals surface area (Å²) in [6.45, 7) is 2.37. The summed E-state index contributed by atoms with van der Waals surface area (Å²) in [6.07, 6.45) is 6.25. The number of pyridine rings is 1. The predicted octanol–water partition coefficient (Wildman–Crippen LogP) is 2.35. The summed E-state index contributed by atoms with van der Waals surface area (Å²) in [7, 11) is 5.20. The van der Waals surface area contributed by atoms with Gasteiger partial charge in [-0.25, -0.2) is 4.98 Å². The average molecular weight is 334 g/mol. The number of guanidine groups is 1. The van der Waals surface area contributed by atoms with Crippen molar-refractivity contribution in [2.24, 2.45) is 10.4 Å². The predicted molar refractivity (Wildman–Crippen MR) is 96.4 cm³/mol. The first-order valence-corrected chi connectivity index (χ1v) is 8.65. The van der Waals surface area contributed by atoms with Gasteiger partial charge in [0, 0.05) is 33.4 Å². The van der Waals surface area contributed by atoms with E-state index in [4.69, 9.17) is 9.47 Å². The Morgan fingerprint density at radius 1 is 1.25 bits per heavy atom. The molecule has 0 aliphatic heterocycles. The van der Waals surface area contributed by atoms with Gasteiger partial charge in [-0.15, -0.1) is 0 Å². The minimum atomic E-state index is 0.335. The molecule has 1 aliphatic rings. The van der Waals surface area contributed by atoms with E-state index in [0.29, 0.717) is 17.8 Å². The Balaban J connectivity index is 1.85. The zero-order chi connectivity index (χ0) is 17.3. The topological polar surface area (TPSA) is 67.8 Å². The summed E-state index contributed by atoms with van der Waals surface area (Å²) in [6, 6.07) is 5.76. The number of aliphatic imine (C=N–C) groups is 1. The van der Waals surface area contributed by atoms with Crippen molar-refractivity contribution >= 4 is 5.96 Å². The van der Waals surface area contributed by atoms with Gasteiger partial charge in [-0.3, -0.25) is 4.99 Å². The van der Waals surface area contributed by atoms with Crippen LogP contribution < -0.4 is 15.4 Å². The molecule has 24 heavy (non-hydrogen) atoms. The number of methoxy groups -OCH3 is 2. The van der Waals surface area contributed by atoms with E-state index < -0.39 is 0 Å². The van der Waals surface area contributed by atoms with Crippen LogP contribution >= 0.6 is 0 Å². The molecule has 134 valence electrons. The van der Waals surface area contributed by atoms with Crippen molar-refractivity contribution < 1.29 is 9.47 Å². The zero-order valence-electron chi connectivity index (χ0n) is 15.1. The Labute approximate surface area is 145 Å². The van der Waals surface area contributed by atoms with E-state index in [1.807, 2.05) is 18.2 Å². The third-order valence-corrected chi connectivity index (χ3v) is 4.78. The molecule has 6 nitrogen and oxygen atoms in total. The molecule has 1 fully saturated rings. The van der Waals surface area contributed by atoms with Crippen LogP contribution in [0, 0.1) is 5.41 Å². The van der Waals surface area contributed by atoms with E-state index in [-0.39, 0.29) is 0 Å². The summed E-state index contributed by atoms with van der Waals surface area (Å²) >= 11 is 0. The van der Waals surface area contributed by atoms with E-state index in [1.54, 1.807) is 21.3 Å². The number of hydrogen-bond acceptors (Lipinski definition) is 4. The van der Waals surface area contributed by atoms with Crippen molar-refractivity contribution in [3.05, 3.63) is 23.9 Å². The van der Waals surface area contributed by atoms with Crippen molar-refractivity contribution in [3.8, 4) is 5.88 Å². The van der Waals surface area contributed by atoms with Crippen LogP contribution in [0.4, 0.5) is 0 Å². The van der Waals surface area contributed by atoms with Gasteiger partial charge in [0.2, 0.25) is 5.88 Å². The molecule has 0 aromatic carbocycles. The second-order valence-corrected chi connectivity index (χ2v) is 6.40. The lowest BCUT2D eigenvalue weighted by molar-refractivity contribution is 0.138. The lowest BCUT2D eigenvalue weighted by Crippen LogP contribution is -2.43. The van der Waals surface area contributed by atoms with Gasteiger partial charge in [0.05, 0.1) is 19.3 Å². The van der Waals surface area contributed by atoms with E-state index in [2.05, 4.69) is 20.6 Å². The molecule has 1 aromatic rings. The highest BCUT2D eigenvalue weighted by atomic mass is 16.5. The van der Waals surface area contributed by atoms with E-state index >= 15 is 0 Å². The summed E-state index contributed by atoms with van der Waals surface area (Å²) in [4.78, 5) is 8.73. The highest BCUT2D eigenvalue weighted by molar-refractivity contribution is 5.79. The maximum absolute atomic E-state index is 5.30. The van der Waals surface area contributed by atoms with Crippen molar-refractivity contribution in [1.29, 1.82) is 0 Å². The number of hydrogen-bond donors (Lipinski definition) is 2. The van der Waals surface area contributed by atoms with Gasteiger partial charge in [-0.05, 0) is 30.7 Å². The van der Waals surface area contributed by atoms with Crippen LogP contribution in [0.15, 0.2) is 23.2 Å². The smallest absolute Gasteiger partial charge is 0.213 e. The Morgan fingerprint density at radius 2 is 2.04 bits per heavy atom. The van der Waals surface area contributed by atoms with E-state index in [0.717, 1.165) is 31.2 Å². The minimum absolute atomic E-state index is 0.335. The lowest BCUT2D eigenvalue weighted by Gasteiger charge is -2.29. The standard InChI is InChI=1S/C18H30N4O2/c1-19-17(20-13-15-7-6-8-16(22-15)24-3)21-14-18(11-12-23-2)9-4-5-10-18/h6-8H,4-5,9-14H2,1-3H3,(H2,19,20,21). The van der Waals surface area contributed by atoms with Gasteiger partial charge < -0.3 is 20.1 Å². The molecule has 1 aromatic heterocycles. The molecule has 0 unspecified atom stereocenters. The first kappa shape index (κ1) is 18.5. The summed E-state index contributed by atoms with van der Waals surface area (Å²) < 4.78 is 10.5. The molecule has 2 N–H and O–H groups in total. The van der Waals surface area contributed by atoms with Gasteiger partial charge in [-0.2, -0.15) is 0 Å². The lowest BCUT2D eigenvalue weighted by atomic mass is 9.83. The second kappa shape index (κ2) is 9.47. The fourth-order valence-corrected chi connectivity index (χ4v) is 3.29. The summed E-state index contributed by atoms with van der Waals surface area (Å²) in [5.74, 6) is 1.44. The molecular weight excluding hydrogens is 304 g/mol. The summed E-state index contributed by atoms with van der Waals surface area (Å²) in [5, 5.41) is 6.81. The minimum Gasteiger partial charge on any atom is -0.481 e. The normalized spacial score (nSPS) is 16.9. The number of ether oxygens (including phenoxy) is 2. The fraction of sp³-hybridized carbons (Fsp3) is 0.667. The van der Waals surface area contributed by atoms with E-state index in [1.165, 1.54) is 25.7 Å². The van der Waals surface area contributed by atoms with Crippen LogP contribution in [-0.4, -0.2) is 45.4 Å². The SMILES string of the molecule is CN=C(NCc1cccc(OC)n1)NCC1(CCOC)CCCC1. The van der Waals surface area contributed by atoms with Crippen molar-refractivity contribution in [3.63, 3.8) is 0 Å². The van der Waals surface area contributed by atoms with Gasteiger partial charge in [-0.1, -0.05) is 18.9 Å². The molecule has 0 spiro atoms. The van der Waals surface area contributed by atoms with Gasteiger partial charge in [0.25, 0.3) is 0 Å². The first-order chi connectivity index (χ1) is 11.7. The highest BCUT2D eigenvalue weighted by Gasteiger charge is 2.33. The van der Waals surface area contributed by atoms with Crippen LogP contribution in [0.3, 0.4) is 0 Å². The van der Waals surface area contributed by atoms with Crippen LogP contribution in [0.25, 0.3) is 0 Å². The Hall–Kier alpha value is -1.82. The number of nitrogens with zero attached hydrogens (tertiary/aromatic N) is 2. The quantitative estimate of drug-likeness (QED) is 0.564. The Bertz CT molecular complexity index is 528. The molecule has 0 radical (unpaired) electrons.